The van der Waals surface area contributed by atoms with E-state index in [2.05, 4.69) is 20.6 Å². The normalized spacial score (nSPS) is 10.4. The van der Waals surface area contributed by atoms with Crippen LogP contribution in [0.5, 0.6) is 23.0 Å². The molecule has 0 spiro atoms. The van der Waals surface area contributed by atoms with Gasteiger partial charge in [0.15, 0.2) is 17.2 Å². The van der Waals surface area contributed by atoms with Crippen LogP contribution in [0, 0.1) is 0 Å². The van der Waals surface area contributed by atoms with E-state index in [1.807, 2.05) is 0 Å². The van der Waals surface area contributed by atoms with E-state index in [1.165, 1.54) is 27.7 Å². The van der Waals surface area contributed by atoms with Crippen LogP contribution in [-0.4, -0.2) is 56.8 Å². The molecule has 1 amide bonds. The first-order valence-corrected chi connectivity index (χ1v) is 11.0. The molecule has 2 N–H and O–H groups in total. The Hall–Kier alpha value is -4.48. The van der Waals surface area contributed by atoms with Crippen LogP contribution in [0.1, 0.15) is 19.4 Å². The number of carbonyl (C=O) groups excluding carboxylic acids is 2. The number of nitrogens with one attached hydrogen (secondary N) is 2. The van der Waals surface area contributed by atoms with Crippen molar-refractivity contribution in [2.45, 2.75) is 20.4 Å². The van der Waals surface area contributed by atoms with Crippen LogP contribution in [0.25, 0.3) is 10.9 Å². The third kappa shape index (κ3) is 5.95. The van der Waals surface area contributed by atoms with Crippen molar-refractivity contribution in [1.82, 2.24) is 9.97 Å². The Balaban J connectivity index is 1.91. The molecule has 12 heteroatoms. The summed E-state index contributed by atoms with van der Waals surface area (Å²) >= 11 is 0. The van der Waals surface area contributed by atoms with Gasteiger partial charge in [0.1, 0.15) is 17.7 Å². The van der Waals surface area contributed by atoms with Crippen molar-refractivity contribution < 1.29 is 38.0 Å². The molecule has 192 valence electrons. The second kappa shape index (κ2) is 12.3. The standard InChI is InChI=1S/C24H28N4O8/c1-6-34-23(29)28-16-10-14(8-9-17(16)36-24(30)35-7-2)12-25-22-15-11-18(31-3)20(32-4)21(33-5)19(15)26-13-27-22/h8-11,13H,6-7,12H2,1-5H3,(H,28,29)(H,25,26,27). The first kappa shape index (κ1) is 26.1. The number of hydrogen-bond donors (Lipinski definition) is 2. The zero-order valence-electron chi connectivity index (χ0n) is 20.7. The topological polar surface area (TPSA) is 139 Å². The van der Waals surface area contributed by atoms with Crippen molar-refractivity contribution in [3.8, 4) is 23.0 Å². The number of aromatic nitrogens is 2. The lowest BCUT2D eigenvalue weighted by molar-refractivity contribution is 0.104. The van der Waals surface area contributed by atoms with Gasteiger partial charge in [0.05, 0.1) is 45.6 Å². The van der Waals surface area contributed by atoms with Crippen molar-refractivity contribution in [2.75, 3.05) is 45.2 Å². The SMILES string of the molecule is CCOC(=O)Nc1cc(CNc2ncnc3c(OC)c(OC)c(OC)cc23)ccc1OC(=O)OCC. The molecule has 0 saturated heterocycles. The van der Waals surface area contributed by atoms with Crippen molar-refractivity contribution in [2.24, 2.45) is 0 Å². The molecular weight excluding hydrogens is 472 g/mol. The van der Waals surface area contributed by atoms with Gasteiger partial charge >= 0.3 is 12.2 Å². The summed E-state index contributed by atoms with van der Waals surface area (Å²) in [6.07, 6.45) is -0.171. The highest BCUT2D eigenvalue weighted by Gasteiger charge is 2.20. The largest absolute Gasteiger partial charge is 0.513 e. The Morgan fingerprint density at radius 2 is 1.64 bits per heavy atom. The predicted molar refractivity (Wildman–Crippen MR) is 131 cm³/mol. The number of nitrogens with zero attached hydrogens (tertiary/aromatic N) is 2. The fraction of sp³-hybridized carbons (Fsp3) is 0.333. The molecular formula is C24H28N4O8. The smallest absolute Gasteiger partial charge is 0.493 e. The average Bonchev–Trinajstić information content (AvgIpc) is 2.87. The number of benzene rings is 2. The highest BCUT2D eigenvalue weighted by molar-refractivity contribution is 5.96. The molecule has 0 aliphatic rings. The van der Waals surface area contributed by atoms with Crippen LogP contribution in [0.3, 0.4) is 0 Å². The lowest BCUT2D eigenvalue weighted by Gasteiger charge is -2.16. The van der Waals surface area contributed by atoms with Crippen LogP contribution in [0.4, 0.5) is 21.1 Å². The predicted octanol–water partition coefficient (Wildman–Crippen LogP) is 4.37. The molecule has 0 bridgehead atoms. The number of hydrogen-bond acceptors (Lipinski definition) is 11. The van der Waals surface area contributed by atoms with Gasteiger partial charge in [-0.05, 0) is 37.6 Å². The van der Waals surface area contributed by atoms with E-state index >= 15 is 0 Å². The Kier molecular flexibility index (Phi) is 8.92. The molecule has 1 heterocycles. The lowest BCUT2D eigenvalue weighted by atomic mass is 10.1. The highest BCUT2D eigenvalue weighted by atomic mass is 16.7. The van der Waals surface area contributed by atoms with Crippen LogP contribution < -0.4 is 29.6 Å². The molecule has 3 aromatic rings. The number of methoxy groups -OCH3 is 3. The van der Waals surface area contributed by atoms with Gasteiger partial charge in [0.25, 0.3) is 0 Å². The van der Waals surface area contributed by atoms with E-state index in [1.54, 1.807) is 38.1 Å². The third-order valence-electron chi connectivity index (χ3n) is 4.90. The maximum atomic E-state index is 12.0. The van der Waals surface area contributed by atoms with E-state index < -0.39 is 12.2 Å². The fourth-order valence-electron chi connectivity index (χ4n) is 3.38. The van der Waals surface area contributed by atoms with Crippen molar-refractivity contribution >= 4 is 34.7 Å². The van der Waals surface area contributed by atoms with Gasteiger partial charge < -0.3 is 33.7 Å². The van der Waals surface area contributed by atoms with E-state index in [4.69, 9.17) is 28.4 Å². The van der Waals surface area contributed by atoms with E-state index in [-0.39, 0.29) is 24.7 Å². The Morgan fingerprint density at radius 3 is 2.31 bits per heavy atom. The van der Waals surface area contributed by atoms with Crippen molar-refractivity contribution in [3.63, 3.8) is 0 Å². The summed E-state index contributed by atoms with van der Waals surface area (Å²) in [4.78, 5) is 32.5. The van der Waals surface area contributed by atoms with E-state index in [0.29, 0.717) is 40.5 Å². The molecule has 0 fully saturated rings. The number of rotatable bonds is 10. The Morgan fingerprint density at radius 1 is 0.889 bits per heavy atom. The lowest BCUT2D eigenvalue weighted by Crippen LogP contribution is -2.16. The summed E-state index contributed by atoms with van der Waals surface area (Å²) < 4.78 is 31.4. The fourth-order valence-corrected chi connectivity index (χ4v) is 3.38. The molecule has 0 aliphatic heterocycles. The Bertz CT molecular complexity index is 1230. The molecule has 2 aromatic carbocycles. The monoisotopic (exact) mass is 500 g/mol. The van der Waals surface area contributed by atoms with Gasteiger partial charge in [-0.25, -0.2) is 19.6 Å². The van der Waals surface area contributed by atoms with Gasteiger partial charge in [-0.1, -0.05) is 6.07 Å². The quantitative estimate of drug-likeness (QED) is 0.303. The average molecular weight is 501 g/mol. The van der Waals surface area contributed by atoms with E-state index in [9.17, 15) is 9.59 Å². The van der Waals surface area contributed by atoms with Crippen LogP contribution in [-0.2, 0) is 16.0 Å². The van der Waals surface area contributed by atoms with E-state index in [0.717, 1.165) is 5.56 Å². The summed E-state index contributed by atoms with van der Waals surface area (Å²) in [7, 11) is 4.56. The number of fused-ring (bicyclic) bond motifs is 1. The number of amides is 1. The summed E-state index contributed by atoms with van der Waals surface area (Å²) in [5.74, 6) is 1.93. The summed E-state index contributed by atoms with van der Waals surface area (Å²) in [5, 5.41) is 6.48. The van der Waals surface area contributed by atoms with Gasteiger partial charge in [0, 0.05) is 6.54 Å². The minimum absolute atomic E-state index is 0.110. The van der Waals surface area contributed by atoms with Crippen LogP contribution in [0.15, 0.2) is 30.6 Å². The summed E-state index contributed by atoms with van der Waals surface area (Å²) in [6.45, 7) is 3.98. The summed E-state index contributed by atoms with van der Waals surface area (Å²) in [6, 6.07) is 6.67. The Labute approximate surface area is 207 Å². The molecule has 0 atom stereocenters. The minimum Gasteiger partial charge on any atom is -0.493 e. The summed E-state index contributed by atoms with van der Waals surface area (Å²) in [5.41, 5.74) is 1.52. The van der Waals surface area contributed by atoms with Gasteiger partial charge in [0.2, 0.25) is 5.75 Å². The molecule has 0 aliphatic carbocycles. The maximum Gasteiger partial charge on any atom is 0.513 e. The zero-order valence-corrected chi connectivity index (χ0v) is 20.7. The first-order chi connectivity index (χ1) is 17.4. The molecule has 3 rings (SSSR count). The third-order valence-corrected chi connectivity index (χ3v) is 4.90. The van der Waals surface area contributed by atoms with Gasteiger partial charge in [-0.15, -0.1) is 0 Å². The van der Waals surface area contributed by atoms with Crippen molar-refractivity contribution in [3.05, 3.63) is 36.2 Å². The van der Waals surface area contributed by atoms with Crippen LogP contribution >= 0.6 is 0 Å². The maximum absolute atomic E-state index is 12.0. The van der Waals surface area contributed by atoms with Gasteiger partial charge in [-0.2, -0.15) is 0 Å². The second-order valence-corrected chi connectivity index (χ2v) is 7.08. The van der Waals surface area contributed by atoms with Crippen LogP contribution in [0.2, 0.25) is 0 Å². The molecule has 36 heavy (non-hydrogen) atoms. The molecule has 0 saturated carbocycles. The first-order valence-electron chi connectivity index (χ1n) is 11.0. The molecule has 0 unspecified atom stereocenters. The molecule has 0 radical (unpaired) electrons. The minimum atomic E-state index is -0.888. The van der Waals surface area contributed by atoms with Crippen molar-refractivity contribution in [1.29, 1.82) is 0 Å². The number of ether oxygens (including phenoxy) is 6. The number of anilines is 2. The van der Waals surface area contributed by atoms with Gasteiger partial charge in [-0.3, -0.25) is 5.32 Å². The zero-order chi connectivity index (χ0) is 26.1. The second-order valence-electron chi connectivity index (χ2n) is 7.08. The highest BCUT2D eigenvalue weighted by Crippen LogP contribution is 2.43. The molecule has 12 nitrogen and oxygen atoms in total. The number of carbonyl (C=O) groups is 2. The molecule has 1 aromatic heterocycles.